The Kier molecular flexibility index (Phi) is 6.85. The topological polar surface area (TPSA) is 104 Å². The van der Waals surface area contributed by atoms with E-state index < -0.39 is 17.4 Å². The summed E-state index contributed by atoms with van der Waals surface area (Å²) in [5.74, 6) is 2.25. The predicted molar refractivity (Wildman–Crippen MR) is 146 cm³/mol. The lowest BCUT2D eigenvalue weighted by atomic mass is 9.92. The number of nitrogens with one attached hydrogen (secondary N) is 1. The number of alkyl halides is 1. The molecular weight excluding hydrogens is 515 g/mol. The molecule has 3 aromatic heterocycles. The average molecular weight is 551 g/mol. The Balaban J connectivity index is 1.14. The smallest absolute Gasteiger partial charge is 0.410 e. The molecule has 0 atom stereocenters. The number of aromatic nitrogens is 4. The Labute approximate surface area is 232 Å². The summed E-state index contributed by atoms with van der Waals surface area (Å²) < 4.78 is 34.8. The summed E-state index contributed by atoms with van der Waals surface area (Å²) in [4.78, 5) is 22.2. The summed E-state index contributed by atoms with van der Waals surface area (Å²) in [6.45, 7) is 6.60. The summed E-state index contributed by atoms with van der Waals surface area (Å²) in [6, 6.07) is 7.46. The highest BCUT2D eigenvalue weighted by molar-refractivity contribution is 5.70. The van der Waals surface area contributed by atoms with Gasteiger partial charge in [-0.05, 0) is 64.7 Å². The molecule has 0 radical (unpaired) electrons. The lowest BCUT2D eigenvalue weighted by molar-refractivity contribution is -0.0556. The number of nitrogens with zero attached hydrogens (tertiary/aromatic N) is 5. The summed E-state index contributed by atoms with van der Waals surface area (Å²) in [6.07, 6.45) is 8.83. The largest absolute Gasteiger partial charge is 0.454 e. The molecule has 11 heteroatoms. The third-order valence-electron chi connectivity index (χ3n) is 7.24. The highest BCUT2D eigenvalue weighted by atomic mass is 19.1. The fourth-order valence-electron chi connectivity index (χ4n) is 4.99. The van der Waals surface area contributed by atoms with Gasteiger partial charge in [0.15, 0.2) is 11.4 Å². The molecule has 10 nitrogen and oxygen atoms in total. The molecule has 40 heavy (non-hydrogen) atoms. The number of pyridine rings is 2. The molecule has 1 saturated carbocycles. The average Bonchev–Trinajstić information content (AvgIpc) is 3.67. The highest BCUT2D eigenvalue weighted by Crippen LogP contribution is 2.41. The fraction of sp³-hybridized carbons (Fsp3) is 0.517. The fourth-order valence-corrected chi connectivity index (χ4v) is 4.99. The molecule has 2 saturated heterocycles. The molecule has 3 aromatic rings. The van der Waals surface area contributed by atoms with Gasteiger partial charge in [-0.15, -0.1) is 0 Å². The van der Waals surface area contributed by atoms with E-state index >= 15 is 4.39 Å². The number of hydrogen-bond donors (Lipinski definition) is 1. The maximum atomic E-state index is 15.6. The van der Waals surface area contributed by atoms with Crippen LogP contribution in [-0.2, 0) is 15.1 Å². The lowest BCUT2D eigenvalue weighted by Gasteiger charge is -2.44. The first-order valence-electron chi connectivity index (χ1n) is 13.9. The van der Waals surface area contributed by atoms with Crippen LogP contribution >= 0.6 is 0 Å². The van der Waals surface area contributed by atoms with Crippen molar-refractivity contribution in [1.82, 2.24) is 24.6 Å². The highest BCUT2D eigenvalue weighted by Gasteiger charge is 2.49. The van der Waals surface area contributed by atoms with Gasteiger partial charge in [-0.2, -0.15) is 5.10 Å². The van der Waals surface area contributed by atoms with Crippen molar-refractivity contribution in [3.05, 3.63) is 54.2 Å². The number of ether oxygens (including phenoxy) is 3. The SMILES string of the molecule is CC(C)(C)OC(=O)N1CC(F)(c2cc(Nc3cc(Oc4cn(C5CC5)nc4C4CCOCC4)ccn3)ccn2)C1. The molecule has 3 fully saturated rings. The summed E-state index contributed by atoms with van der Waals surface area (Å²) in [7, 11) is 0. The quantitative estimate of drug-likeness (QED) is 0.391. The van der Waals surface area contributed by atoms with Crippen LogP contribution in [0, 0.1) is 0 Å². The molecule has 6 rings (SSSR count). The van der Waals surface area contributed by atoms with E-state index in [1.165, 1.54) is 4.90 Å². The van der Waals surface area contributed by atoms with Crippen molar-refractivity contribution >= 4 is 17.6 Å². The van der Waals surface area contributed by atoms with E-state index in [0.717, 1.165) is 50.3 Å². The van der Waals surface area contributed by atoms with Crippen molar-refractivity contribution in [2.75, 3.05) is 31.6 Å². The van der Waals surface area contributed by atoms with Crippen LogP contribution in [0.25, 0.3) is 0 Å². The molecule has 2 aliphatic heterocycles. The Hall–Kier alpha value is -3.73. The van der Waals surface area contributed by atoms with Crippen molar-refractivity contribution in [3.8, 4) is 11.5 Å². The lowest BCUT2D eigenvalue weighted by Crippen LogP contribution is -2.59. The second-order valence-electron chi connectivity index (χ2n) is 11.8. The van der Waals surface area contributed by atoms with Crippen LogP contribution in [-0.4, -0.2) is 62.6 Å². The molecule has 0 bridgehead atoms. The minimum absolute atomic E-state index is 0.107. The monoisotopic (exact) mass is 550 g/mol. The van der Waals surface area contributed by atoms with Crippen LogP contribution in [0.4, 0.5) is 20.7 Å². The Morgan fingerprint density at radius 2 is 1.85 bits per heavy atom. The first-order chi connectivity index (χ1) is 19.1. The zero-order valence-corrected chi connectivity index (χ0v) is 23.1. The van der Waals surface area contributed by atoms with E-state index in [2.05, 4.69) is 15.3 Å². The van der Waals surface area contributed by atoms with Crippen molar-refractivity contribution < 1.29 is 23.4 Å². The van der Waals surface area contributed by atoms with Gasteiger partial charge in [0.05, 0.1) is 31.0 Å². The van der Waals surface area contributed by atoms with Crippen LogP contribution < -0.4 is 10.1 Å². The molecule has 1 aliphatic carbocycles. The third-order valence-corrected chi connectivity index (χ3v) is 7.24. The number of rotatable bonds is 7. The minimum atomic E-state index is -1.74. The second kappa shape index (κ2) is 10.3. The first-order valence-corrected chi connectivity index (χ1v) is 13.9. The summed E-state index contributed by atoms with van der Waals surface area (Å²) >= 11 is 0. The van der Waals surface area contributed by atoms with Gasteiger partial charge in [-0.3, -0.25) is 9.67 Å². The van der Waals surface area contributed by atoms with Crippen LogP contribution in [0.3, 0.4) is 0 Å². The molecular formula is C29H35FN6O4. The van der Waals surface area contributed by atoms with E-state index in [-0.39, 0.29) is 18.8 Å². The number of halogens is 1. The maximum absolute atomic E-state index is 15.6. The number of anilines is 2. The summed E-state index contributed by atoms with van der Waals surface area (Å²) in [5, 5.41) is 8.12. The van der Waals surface area contributed by atoms with Crippen LogP contribution in [0.1, 0.15) is 69.8 Å². The van der Waals surface area contributed by atoms with Gasteiger partial charge in [-0.25, -0.2) is 14.2 Å². The zero-order chi connectivity index (χ0) is 27.9. The number of likely N-dealkylation sites (tertiary alicyclic amines) is 1. The van der Waals surface area contributed by atoms with Gasteiger partial charge < -0.3 is 24.4 Å². The van der Waals surface area contributed by atoms with Gasteiger partial charge in [-0.1, -0.05) is 0 Å². The van der Waals surface area contributed by atoms with E-state index in [1.807, 2.05) is 16.9 Å². The summed E-state index contributed by atoms with van der Waals surface area (Å²) in [5.41, 5.74) is -0.516. The normalized spacial score (nSPS) is 19.1. The maximum Gasteiger partial charge on any atom is 0.410 e. The van der Waals surface area contributed by atoms with Gasteiger partial charge in [0.2, 0.25) is 0 Å². The molecule has 5 heterocycles. The molecule has 0 spiro atoms. The number of hydrogen-bond acceptors (Lipinski definition) is 8. The third kappa shape index (κ3) is 5.89. The van der Waals surface area contributed by atoms with Crippen molar-refractivity contribution in [2.24, 2.45) is 0 Å². The van der Waals surface area contributed by atoms with Crippen molar-refractivity contribution in [3.63, 3.8) is 0 Å². The Morgan fingerprint density at radius 1 is 1.10 bits per heavy atom. The van der Waals surface area contributed by atoms with Crippen LogP contribution in [0.5, 0.6) is 11.5 Å². The predicted octanol–water partition coefficient (Wildman–Crippen LogP) is 5.85. The number of carbonyl (C=O) groups is 1. The first kappa shape index (κ1) is 26.5. The molecule has 3 aliphatic rings. The van der Waals surface area contributed by atoms with Gasteiger partial charge >= 0.3 is 6.09 Å². The molecule has 0 unspecified atom stereocenters. The molecule has 212 valence electrons. The van der Waals surface area contributed by atoms with Gasteiger partial charge in [0, 0.05) is 43.3 Å². The second-order valence-corrected chi connectivity index (χ2v) is 11.8. The Morgan fingerprint density at radius 3 is 2.58 bits per heavy atom. The van der Waals surface area contributed by atoms with Crippen LogP contribution in [0.15, 0.2) is 42.9 Å². The molecule has 1 amide bonds. The van der Waals surface area contributed by atoms with E-state index in [1.54, 1.807) is 51.4 Å². The van der Waals surface area contributed by atoms with E-state index in [4.69, 9.17) is 19.3 Å². The zero-order valence-electron chi connectivity index (χ0n) is 23.1. The van der Waals surface area contributed by atoms with E-state index in [9.17, 15) is 4.79 Å². The number of amides is 1. The van der Waals surface area contributed by atoms with Crippen molar-refractivity contribution in [1.29, 1.82) is 0 Å². The number of carbonyl (C=O) groups excluding carboxylic acids is 1. The molecule has 0 aromatic carbocycles. The van der Waals surface area contributed by atoms with Crippen molar-refractivity contribution in [2.45, 2.75) is 69.7 Å². The standard InChI is InChI=1S/C29H35FN6O4/c1-28(2,3)40-27(37)35-17-29(30,18-35)24-14-20(6-10-31-24)33-25-15-22(7-11-32-25)39-23-16-36(21-4-5-21)34-26(23)19-8-12-38-13-9-19/h6-7,10-11,14-16,19,21H,4-5,8-9,12-13,17-18H2,1-3H3,(H,31,32,33). The van der Waals surface area contributed by atoms with Crippen LogP contribution in [0.2, 0.25) is 0 Å². The van der Waals surface area contributed by atoms with Gasteiger partial charge in [0.1, 0.15) is 22.9 Å². The Bertz CT molecular complexity index is 1370. The van der Waals surface area contributed by atoms with Gasteiger partial charge in [0.25, 0.3) is 0 Å². The minimum Gasteiger partial charge on any atom is -0.454 e. The molecule has 1 N–H and O–H groups in total. The van der Waals surface area contributed by atoms with E-state index in [0.29, 0.717) is 29.2 Å².